The number of benzene rings is 3. The fraction of sp³-hybridized carbons (Fsp3) is 0.500. The van der Waals surface area contributed by atoms with Crippen LogP contribution in [-0.2, 0) is 12.8 Å². The maximum absolute atomic E-state index is 14.3. The number of carbonyl (C=O) groups is 1. The van der Waals surface area contributed by atoms with E-state index in [1.807, 2.05) is 31.2 Å². The first-order valence-corrected chi connectivity index (χ1v) is 16.7. The predicted octanol–water partition coefficient (Wildman–Crippen LogP) is 6.89. The average molecular weight is 629 g/mol. The number of piperidine rings is 1. The zero-order chi connectivity index (χ0) is 32.4. The summed E-state index contributed by atoms with van der Waals surface area (Å²) in [6.07, 6.45) is 4.80. The Balaban J connectivity index is 1.36. The summed E-state index contributed by atoms with van der Waals surface area (Å²) in [7, 11) is 6.77. The van der Waals surface area contributed by atoms with Crippen molar-refractivity contribution in [1.82, 2.24) is 9.80 Å². The van der Waals surface area contributed by atoms with Gasteiger partial charge in [0.15, 0.2) is 23.0 Å². The van der Waals surface area contributed by atoms with E-state index in [0.717, 1.165) is 73.8 Å². The van der Waals surface area contributed by atoms with E-state index in [9.17, 15) is 4.79 Å². The largest absolute Gasteiger partial charge is 0.494 e. The van der Waals surface area contributed by atoms with Gasteiger partial charge in [-0.15, -0.1) is 0 Å². The summed E-state index contributed by atoms with van der Waals surface area (Å²) in [5.74, 6) is 4.79. The molecule has 1 amide bonds. The van der Waals surface area contributed by atoms with E-state index in [2.05, 4.69) is 41.0 Å². The lowest BCUT2D eigenvalue weighted by atomic mass is 9.72. The van der Waals surface area contributed by atoms with E-state index in [1.54, 1.807) is 28.4 Å². The van der Waals surface area contributed by atoms with Crippen molar-refractivity contribution in [3.05, 3.63) is 76.3 Å². The molecule has 3 aliphatic heterocycles. The van der Waals surface area contributed by atoms with Gasteiger partial charge in [-0.3, -0.25) is 9.69 Å². The molecule has 3 heterocycles. The number of carbonyl (C=O) groups excluding carboxylic acids is 1. The molecule has 0 aromatic heterocycles. The first kappa shape index (κ1) is 32.0. The van der Waals surface area contributed by atoms with E-state index in [1.165, 1.54) is 16.7 Å². The number of methoxy groups -OCH3 is 4. The van der Waals surface area contributed by atoms with Gasteiger partial charge in [-0.2, -0.15) is 0 Å². The molecule has 1 saturated heterocycles. The van der Waals surface area contributed by atoms with Crippen LogP contribution in [0.15, 0.2) is 48.5 Å². The first-order valence-electron chi connectivity index (χ1n) is 16.7. The summed E-state index contributed by atoms with van der Waals surface area (Å²) in [4.78, 5) is 19.1. The fourth-order valence-corrected chi connectivity index (χ4v) is 8.09. The third-order valence-electron chi connectivity index (χ3n) is 10.5. The van der Waals surface area contributed by atoms with Gasteiger partial charge in [0, 0.05) is 31.2 Å². The highest BCUT2D eigenvalue weighted by Gasteiger charge is 2.42. The fourth-order valence-electron chi connectivity index (χ4n) is 8.09. The topological polar surface area (TPSA) is 69.7 Å². The van der Waals surface area contributed by atoms with Gasteiger partial charge in [-0.1, -0.05) is 13.3 Å². The number of hydrogen-bond acceptors (Lipinski definition) is 7. The molecule has 0 N–H and O–H groups in total. The van der Waals surface area contributed by atoms with Gasteiger partial charge in [0.2, 0.25) is 0 Å². The maximum Gasteiger partial charge on any atom is 0.254 e. The second kappa shape index (κ2) is 13.8. The second-order valence-corrected chi connectivity index (χ2v) is 12.7. The van der Waals surface area contributed by atoms with Gasteiger partial charge in [-0.05, 0) is 115 Å². The lowest BCUT2D eigenvalue weighted by Gasteiger charge is -2.49. The third-order valence-corrected chi connectivity index (χ3v) is 10.5. The molecular weight excluding hydrogens is 580 g/mol. The number of ether oxygens (including phenoxy) is 5. The smallest absolute Gasteiger partial charge is 0.254 e. The van der Waals surface area contributed by atoms with E-state index in [0.29, 0.717) is 42.3 Å². The van der Waals surface area contributed by atoms with E-state index in [4.69, 9.17) is 23.7 Å². The van der Waals surface area contributed by atoms with Gasteiger partial charge >= 0.3 is 0 Å². The quantitative estimate of drug-likeness (QED) is 0.242. The van der Waals surface area contributed by atoms with Gasteiger partial charge in [0.25, 0.3) is 5.91 Å². The summed E-state index contributed by atoms with van der Waals surface area (Å²) < 4.78 is 28.5. The summed E-state index contributed by atoms with van der Waals surface area (Å²) in [6, 6.07) is 16.4. The van der Waals surface area contributed by atoms with Crippen molar-refractivity contribution in [2.24, 2.45) is 11.8 Å². The Kier molecular flexibility index (Phi) is 9.64. The number of amides is 1. The van der Waals surface area contributed by atoms with Crippen molar-refractivity contribution >= 4 is 5.91 Å². The zero-order valence-corrected chi connectivity index (χ0v) is 28.1. The molecule has 46 heavy (non-hydrogen) atoms. The van der Waals surface area contributed by atoms with Crippen LogP contribution in [0.4, 0.5) is 0 Å². The Morgan fingerprint density at radius 1 is 0.761 bits per heavy atom. The SMILES string of the molecule is CCOc1ccc(C(=O)N2CCc3cc(OC)c(OC)cc3[C@H]2C[C@H]2C[C@H]3c4cc(OC)c(OC)cc4CCN3C[C@@H]2CC)cc1. The van der Waals surface area contributed by atoms with Crippen molar-refractivity contribution < 1.29 is 28.5 Å². The van der Waals surface area contributed by atoms with Gasteiger partial charge in [-0.25, -0.2) is 0 Å². The average Bonchev–Trinajstić information content (AvgIpc) is 3.10. The number of rotatable bonds is 10. The zero-order valence-electron chi connectivity index (χ0n) is 28.1. The molecule has 1 fully saturated rings. The molecule has 8 nitrogen and oxygen atoms in total. The Hall–Kier alpha value is -3.91. The van der Waals surface area contributed by atoms with Gasteiger partial charge < -0.3 is 28.6 Å². The summed E-state index contributed by atoms with van der Waals surface area (Å²) >= 11 is 0. The molecule has 246 valence electrons. The Morgan fingerprint density at radius 3 is 1.96 bits per heavy atom. The molecule has 3 aromatic carbocycles. The maximum atomic E-state index is 14.3. The highest BCUT2D eigenvalue weighted by molar-refractivity contribution is 5.95. The van der Waals surface area contributed by atoms with Crippen LogP contribution in [-0.4, -0.2) is 70.4 Å². The highest BCUT2D eigenvalue weighted by atomic mass is 16.5. The molecule has 8 heteroatoms. The molecule has 0 spiro atoms. The first-order chi connectivity index (χ1) is 22.4. The third kappa shape index (κ3) is 5.99. The summed E-state index contributed by atoms with van der Waals surface area (Å²) in [5.41, 5.74) is 5.77. The second-order valence-electron chi connectivity index (χ2n) is 12.7. The van der Waals surface area contributed by atoms with Crippen LogP contribution >= 0.6 is 0 Å². The number of fused-ring (bicyclic) bond motifs is 4. The standard InChI is InChI=1S/C38H48N2O6/c1-7-24-23-39-15-13-26-19-34(42-3)36(44-5)21-30(26)32(39)17-28(24)18-33-31-22-37(45-6)35(43-4)20-27(31)14-16-40(33)38(41)25-9-11-29(12-10-25)46-8-2/h9-12,19-22,24,28,32-33H,7-8,13-18,23H2,1-6H3/t24-,28+,32-,33+/m0/s1. The molecule has 4 atom stereocenters. The number of nitrogens with zero attached hydrogens (tertiary/aromatic N) is 2. The van der Waals surface area contributed by atoms with Crippen LogP contribution in [0.5, 0.6) is 28.7 Å². The van der Waals surface area contributed by atoms with E-state index < -0.39 is 0 Å². The molecule has 0 bridgehead atoms. The van der Waals surface area contributed by atoms with Crippen molar-refractivity contribution in [1.29, 1.82) is 0 Å². The van der Waals surface area contributed by atoms with E-state index in [-0.39, 0.29) is 11.9 Å². The minimum atomic E-state index is -0.0818. The van der Waals surface area contributed by atoms with Crippen molar-refractivity contribution in [2.45, 2.75) is 58.0 Å². The summed E-state index contributed by atoms with van der Waals surface area (Å²) in [5, 5.41) is 0. The Bertz CT molecular complexity index is 1540. The van der Waals surface area contributed by atoms with Crippen LogP contribution in [0.25, 0.3) is 0 Å². The van der Waals surface area contributed by atoms with Crippen molar-refractivity contribution in [3.8, 4) is 28.7 Å². The minimum Gasteiger partial charge on any atom is -0.494 e. The molecule has 0 saturated carbocycles. The molecular formula is C38H48N2O6. The van der Waals surface area contributed by atoms with Gasteiger partial charge in [0.1, 0.15) is 5.75 Å². The molecule has 0 aliphatic carbocycles. The summed E-state index contributed by atoms with van der Waals surface area (Å²) in [6.45, 7) is 7.62. The lowest BCUT2D eigenvalue weighted by molar-refractivity contribution is 0.0287. The monoisotopic (exact) mass is 628 g/mol. The lowest BCUT2D eigenvalue weighted by Crippen LogP contribution is -2.47. The van der Waals surface area contributed by atoms with Crippen LogP contribution < -0.4 is 23.7 Å². The van der Waals surface area contributed by atoms with E-state index >= 15 is 0 Å². The molecule has 3 aliphatic rings. The minimum absolute atomic E-state index is 0.0545. The van der Waals surface area contributed by atoms with Crippen LogP contribution in [0.3, 0.4) is 0 Å². The van der Waals surface area contributed by atoms with Crippen LogP contribution in [0, 0.1) is 11.8 Å². The van der Waals surface area contributed by atoms with Gasteiger partial charge in [0.05, 0.1) is 41.1 Å². The molecule has 0 unspecified atom stereocenters. The van der Waals surface area contributed by atoms with Crippen LogP contribution in [0.1, 0.15) is 77.8 Å². The molecule has 0 radical (unpaired) electrons. The van der Waals surface area contributed by atoms with Crippen molar-refractivity contribution in [2.75, 3.05) is 54.7 Å². The highest BCUT2D eigenvalue weighted by Crippen LogP contribution is 2.49. The van der Waals surface area contributed by atoms with Crippen molar-refractivity contribution in [3.63, 3.8) is 0 Å². The Labute approximate surface area is 273 Å². The molecule has 3 aromatic rings. The normalized spacial score (nSPS) is 22.3. The Morgan fingerprint density at radius 2 is 1.35 bits per heavy atom. The molecule has 6 rings (SSSR count). The number of hydrogen-bond donors (Lipinski definition) is 0. The predicted molar refractivity (Wildman–Crippen MR) is 179 cm³/mol. The van der Waals surface area contributed by atoms with Crippen LogP contribution in [0.2, 0.25) is 0 Å².